The average molecular weight is 206 g/mol. The molecule has 2 nitrogen and oxygen atoms in total. The molecule has 0 aliphatic rings. The molecule has 2 rings (SSSR count). The first kappa shape index (κ1) is 10.1. The summed E-state index contributed by atoms with van der Waals surface area (Å²) in [6.07, 6.45) is 3.16. The minimum atomic E-state index is -0.224. The first-order valence-corrected chi connectivity index (χ1v) is 5.04. The monoisotopic (exact) mass is 206 g/mol. The molecule has 0 unspecified atom stereocenters. The number of pyridine rings is 1. The van der Waals surface area contributed by atoms with Crippen LogP contribution in [0, 0.1) is 12.7 Å². The summed E-state index contributed by atoms with van der Waals surface area (Å²) in [6, 6.07) is 0. The first-order chi connectivity index (χ1) is 6.91. The zero-order chi connectivity index (χ0) is 11.2. The van der Waals surface area contributed by atoms with Crippen LogP contribution in [-0.4, -0.2) is 9.97 Å². The van der Waals surface area contributed by atoms with Crippen LogP contribution in [0.5, 0.6) is 0 Å². The number of rotatable bonds is 0. The molecule has 2 aromatic heterocycles. The lowest BCUT2D eigenvalue weighted by atomic mass is 9.84. The van der Waals surface area contributed by atoms with E-state index >= 15 is 0 Å². The van der Waals surface area contributed by atoms with Gasteiger partial charge < -0.3 is 4.98 Å². The van der Waals surface area contributed by atoms with Crippen molar-refractivity contribution in [1.29, 1.82) is 0 Å². The molecule has 0 aromatic carbocycles. The van der Waals surface area contributed by atoms with Gasteiger partial charge in [0.05, 0.1) is 6.20 Å². The molecule has 0 radical (unpaired) electrons. The van der Waals surface area contributed by atoms with E-state index in [-0.39, 0.29) is 11.2 Å². The van der Waals surface area contributed by atoms with Crippen molar-refractivity contribution in [1.82, 2.24) is 9.97 Å². The van der Waals surface area contributed by atoms with E-state index in [0.717, 1.165) is 22.2 Å². The van der Waals surface area contributed by atoms with Crippen molar-refractivity contribution in [2.75, 3.05) is 0 Å². The van der Waals surface area contributed by atoms with Crippen molar-refractivity contribution in [3.8, 4) is 0 Å². The number of hydrogen-bond donors (Lipinski definition) is 1. The van der Waals surface area contributed by atoms with Crippen LogP contribution in [0.15, 0.2) is 12.4 Å². The van der Waals surface area contributed by atoms with Crippen LogP contribution >= 0.6 is 0 Å². The van der Waals surface area contributed by atoms with Crippen molar-refractivity contribution >= 4 is 11.0 Å². The van der Waals surface area contributed by atoms with Gasteiger partial charge in [-0.3, -0.25) is 0 Å². The van der Waals surface area contributed by atoms with E-state index < -0.39 is 0 Å². The van der Waals surface area contributed by atoms with Gasteiger partial charge in [0.15, 0.2) is 0 Å². The lowest BCUT2D eigenvalue weighted by molar-refractivity contribution is 0.525. The van der Waals surface area contributed by atoms with Crippen LogP contribution in [0.4, 0.5) is 4.39 Å². The van der Waals surface area contributed by atoms with E-state index in [1.54, 1.807) is 0 Å². The van der Waals surface area contributed by atoms with Crippen LogP contribution < -0.4 is 0 Å². The van der Waals surface area contributed by atoms with E-state index in [2.05, 4.69) is 9.97 Å². The van der Waals surface area contributed by atoms with Gasteiger partial charge in [0.25, 0.3) is 0 Å². The highest BCUT2D eigenvalue weighted by Crippen LogP contribution is 2.32. The number of halogens is 1. The van der Waals surface area contributed by atoms with Gasteiger partial charge in [-0.1, -0.05) is 20.8 Å². The van der Waals surface area contributed by atoms with Crippen molar-refractivity contribution in [2.45, 2.75) is 33.1 Å². The Bertz CT molecular complexity index is 506. The van der Waals surface area contributed by atoms with Crippen LogP contribution in [0.1, 0.15) is 31.9 Å². The molecule has 0 bridgehead atoms. The lowest BCUT2D eigenvalue weighted by Gasteiger charge is -2.21. The Hall–Kier alpha value is -1.38. The second-order valence-corrected chi connectivity index (χ2v) is 4.93. The minimum absolute atomic E-state index is 0.210. The normalized spacial score (nSPS) is 12.3. The largest absolute Gasteiger partial charge is 0.346 e. The summed E-state index contributed by atoms with van der Waals surface area (Å²) in [6.45, 7) is 8.00. The molecule has 0 fully saturated rings. The number of nitrogens with one attached hydrogen (secondary N) is 1. The molecule has 15 heavy (non-hydrogen) atoms. The van der Waals surface area contributed by atoms with Gasteiger partial charge in [0.1, 0.15) is 11.5 Å². The maximum atomic E-state index is 13.8. The Morgan fingerprint density at radius 2 is 2.00 bits per heavy atom. The summed E-state index contributed by atoms with van der Waals surface area (Å²) >= 11 is 0. The molecule has 1 N–H and O–H groups in total. The number of fused-ring (bicyclic) bond motifs is 1. The van der Waals surface area contributed by atoms with Gasteiger partial charge >= 0.3 is 0 Å². The maximum absolute atomic E-state index is 13.8. The number of hydrogen-bond acceptors (Lipinski definition) is 1. The molecule has 0 spiro atoms. The van der Waals surface area contributed by atoms with Crippen LogP contribution in [0.2, 0.25) is 0 Å². The molecule has 2 heterocycles. The SMILES string of the molecule is Cc1c[nH]c2ncc(F)c(C(C)(C)C)c12. The average Bonchev–Trinajstić information content (AvgIpc) is 2.46. The number of aromatic nitrogens is 2. The zero-order valence-electron chi connectivity index (χ0n) is 9.48. The van der Waals surface area contributed by atoms with E-state index in [9.17, 15) is 4.39 Å². The van der Waals surface area contributed by atoms with Gasteiger partial charge in [-0.15, -0.1) is 0 Å². The summed E-state index contributed by atoms with van der Waals surface area (Å²) < 4.78 is 13.8. The number of aromatic amines is 1. The van der Waals surface area contributed by atoms with Gasteiger partial charge in [0.2, 0.25) is 0 Å². The van der Waals surface area contributed by atoms with E-state index in [1.807, 2.05) is 33.9 Å². The topological polar surface area (TPSA) is 28.7 Å². The number of H-pyrrole nitrogens is 1. The molecule has 2 aromatic rings. The van der Waals surface area contributed by atoms with E-state index in [0.29, 0.717) is 0 Å². The first-order valence-electron chi connectivity index (χ1n) is 5.04. The third-order valence-electron chi connectivity index (χ3n) is 2.60. The highest BCUT2D eigenvalue weighted by Gasteiger charge is 2.23. The fraction of sp³-hybridized carbons (Fsp3) is 0.417. The van der Waals surface area contributed by atoms with Crippen LogP contribution in [-0.2, 0) is 5.41 Å². The third kappa shape index (κ3) is 1.52. The molecule has 0 amide bonds. The third-order valence-corrected chi connectivity index (χ3v) is 2.60. The Morgan fingerprint density at radius 1 is 1.33 bits per heavy atom. The quantitative estimate of drug-likeness (QED) is 0.703. The predicted octanol–water partition coefficient (Wildman–Crippen LogP) is 3.31. The van der Waals surface area contributed by atoms with Crippen LogP contribution in [0.25, 0.3) is 11.0 Å². The molecule has 3 heteroatoms. The van der Waals surface area contributed by atoms with E-state index in [4.69, 9.17) is 0 Å². The molecule has 0 atom stereocenters. The van der Waals surface area contributed by atoms with Gasteiger partial charge in [-0.25, -0.2) is 9.37 Å². The smallest absolute Gasteiger partial charge is 0.145 e. The van der Waals surface area contributed by atoms with E-state index in [1.165, 1.54) is 6.20 Å². The van der Waals surface area contributed by atoms with Crippen molar-refractivity contribution in [3.63, 3.8) is 0 Å². The second-order valence-electron chi connectivity index (χ2n) is 4.93. The Morgan fingerprint density at radius 3 is 2.60 bits per heavy atom. The Balaban J connectivity index is 2.90. The summed E-state index contributed by atoms with van der Waals surface area (Å²) in [5.74, 6) is -0.224. The molecule has 80 valence electrons. The van der Waals surface area contributed by atoms with Gasteiger partial charge in [-0.2, -0.15) is 0 Å². The highest BCUT2D eigenvalue weighted by atomic mass is 19.1. The summed E-state index contributed by atoms with van der Waals surface area (Å²) in [4.78, 5) is 7.09. The minimum Gasteiger partial charge on any atom is -0.346 e. The fourth-order valence-electron chi connectivity index (χ4n) is 1.96. The molecular weight excluding hydrogens is 191 g/mol. The maximum Gasteiger partial charge on any atom is 0.145 e. The molecule has 0 saturated heterocycles. The fourth-order valence-corrected chi connectivity index (χ4v) is 1.96. The second kappa shape index (κ2) is 3.05. The highest BCUT2D eigenvalue weighted by molar-refractivity contribution is 5.84. The lowest BCUT2D eigenvalue weighted by Crippen LogP contribution is -2.14. The number of nitrogens with zero attached hydrogens (tertiary/aromatic N) is 1. The number of aryl methyl sites for hydroxylation is 1. The molecular formula is C12H15FN2. The molecule has 0 aliphatic heterocycles. The molecule has 0 aliphatic carbocycles. The van der Waals surface area contributed by atoms with Crippen molar-refractivity contribution in [2.24, 2.45) is 0 Å². The molecule has 0 saturated carbocycles. The summed E-state index contributed by atoms with van der Waals surface area (Å²) in [7, 11) is 0. The predicted molar refractivity (Wildman–Crippen MR) is 59.5 cm³/mol. The van der Waals surface area contributed by atoms with Crippen molar-refractivity contribution in [3.05, 3.63) is 29.3 Å². The summed E-state index contributed by atoms with van der Waals surface area (Å²) in [5, 5.41) is 0.919. The van der Waals surface area contributed by atoms with Crippen LogP contribution in [0.3, 0.4) is 0 Å². The zero-order valence-corrected chi connectivity index (χ0v) is 9.48. The Kier molecular flexibility index (Phi) is 2.07. The Labute approximate surface area is 88.5 Å². The summed E-state index contributed by atoms with van der Waals surface area (Å²) in [5.41, 5.74) is 2.34. The van der Waals surface area contributed by atoms with Gasteiger partial charge in [0, 0.05) is 17.1 Å². The van der Waals surface area contributed by atoms with Crippen molar-refractivity contribution < 1.29 is 4.39 Å². The standard InChI is InChI=1S/C12H15FN2/c1-7-5-14-11-9(7)10(12(2,3)4)8(13)6-15-11/h5-6H,1-4H3,(H,14,15). The van der Waals surface area contributed by atoms with Gasteiger partial charge in [-0.05, 0) is 17.9 Å².